The number of nitrogens with two attached hydrogens (primary N) is 1. The first kappa shape index (κ1) is 19.9. The fourth-order valence-electron chi connectivity index (χ4n) is 1.47. The van der Waals surface area contributed by atoms with E-state index in [1.165, 1.54) is 12.7 Å². The first-order chi connectivity index (χ1) is 10.3. The van der Waals surface area contributed by atoms with Crippen LogP contribution < -0.4 is 5.73 Å². The standard InChI is InChI=1S/C10H10O2.C7H15NO2/c1-8-2-4-9(5-3-8)6-7-10(11)12;1-4-5(2)6(8)7(9)10-3/h2-7H,1H3,(H,11,12);5-6H,4,8H2,1-3H3/b7-6+;/t;5-,6-/m.0/s1. The third-order valence-corrected chi connectivity index (χ3v) is 3.23. The highest BCUT2D eigenvalue weighted by Gasteiger charge is 2.19. The van der Waals surface area contributed by atoms with E-state index in [0.29, 0.717) is 0 Å². The van der Waals surface area contributed by atoms with E-state index in [1.807, 2.05) is 45.0 Å². The molecular formula is C17H25NO4. The number of carboxylic acid groups (broad SMARTS) is 1. The lowest BCUT2D eigenvalue weighted by atomic mass is 10.0. The molecular weight excluding hydrogens is 282 g/mol. The summed E-state index contributed by atoms with van der Waals surface area (Å²) in [7, 11) is 1.35. The monoisotopic (exact) mass is 307 g/mol. The predicted octanol–water partition coefficient (Wildman–Crippen LogP) is 2.63. The van der Waals surface area contributed by atoms with Gasteiger partial charge in [0.15, 0.2) is 0 Å². The number of carbonyl (C=O) groups excluding carboxylic acids is 1. The molecule has 0 aliphatic carbocycles. The van der Waals surface area contributed by atoms with Crippen LogP contribution in [0.2, 0.25) is 0 Å². The molecule has 0 aliphatic heterocycles. The van der Waals surface area contributed by atoms with Crippen molar-refractivity contribution in [3.05, 3.63) is 41.5 Å². The second-order valence-electron chi connectivity index (χ2n) is 5.02. The van der Waals surface area contributed by atoms with Gasteiger partial charge in [0.1, 0.15) is 6.04 Å². The largest absolute Gasteiger partial charge is 0.478 e. The molecule has 0 bridgehead atoms. The molecule has 0 aliphatic rings. The van der Waals surface area contributed by atoms with Crippen LogP contribution in [0.15, 0.2) is 30.3 Å². The van der Waals surface area contributed by atoms with E-state index in [9.17, 15) is 9.59 Å². The molecule has 1 aromatic carbocycles. The molecule has 0 unspecified atom stereocenters. The number of benzene rings is 1. The van der Waals surface area contributed by atoms with Crippen LogP contribution in [0.4, 0.5) is 0 Å². The molecule has 1 rings (SSSR count). The van der Waals surface area contributed by atoms with Crippen LogP contribution in [0.5, 0.6) is 0 Å². The van der Waals surface area contributed by atoms with Crippen molar-refractivity contribution in [3.8, 4) is 0 Å². The molecule has 0 heterocycles. The summed E-state index contributed by atoms with van der Waals surface area (Å²) in [6.45, 7) is 5.92. The molecule has 0 fully saturated rings. The van der Waals surface area contributed by atoms with Crippen LogP contribution >= 0.6 is 0 Å². The van der Waals surface area contributed by atoms with Crippen molar-refractivity contribution in [2.45, 2.75) is 33.2 Å². The SMILES string of the molecule is CC[C@H](C)[C@H](N)C(=O)OC.Cc1ccc(/C=C/C(=O)O)cc1. The second-order valence-corrected chi connectivity index (χ2v) is 5.02. The second kappa shape index (κ2) is 10.6. The van der Waals surface area contributed by atoms with E-state index in [0.717, 1.165) is 18.1 Å². The number of carboxylic acids is 1. The maximum Gasteiger partial charge on any atom is 0.328 e. The van der Waals surface area contributed by atoms with Gasteiger partial charge in [-0.2, -0.15) is 0 Å². The number of methoxy groups -OCH3 is 1. The zero-order chi connectivity index (χ0) is 17.1. The smallest absolute Gasteiger partial charge is 0.328 e. The highest BCUT2D eigenvalue weighted by atomic mass is 16.5. The van der Waals surface area contributed by atoms with E-state index in [4.69, 9.17) is 10.8 Å². The van der Waals surface area contributed by atoms with E-state index in [1.54, 1.807) is 6.08 Å². The molecule has 0 saturated carbocycles. The minimum Gasteiger partial charge on any atom is -0.478 e. The molecule has 0 spiro atoms. The fourth-order valence-corrected chi connectivity index (χ4v) is 1.47. The van der Waals surface area contributed by atoms with Crippen LogP contribution in [-0.2, 0) is 14.3 Å². The van der Waals surface area contributed by atoms with E-state index >= 15 is 0 Å². The maximum absolute atomic E-state index is 10.8. The van der Waals surface area contributed by atoms with Gasteiger partial charge in [0.25, 0.3) is 0 Å². The number of aryl methyl sites for hydroxylation is 1. The number of hydrogen-bond donors (Lipinski definition) is 2. The van der Waals surface area contributed by atoms with Crippen LogP contribution in [0.1, 0.15) is 31.4 Å². The van der Waals surface area contributed by atoms with Crippen molar-refractivity contribution >= 4 is 18.0 Å². The number of carbonyl (C=O) groups is 2. The summed E-state index contributed by atoms with van der Waals surface area (Å²) in [5.74, 6) is -1.04. The molecule has 3 N–H and O–H groups in total. The normalized spacial score (nSPS) is 13.0. The summed E-state index contributed by atoms with van der Waals surface area (Å²) in [6.07, 6.45) is 3.60. The Labute approximate surface area is 131 Å². The topological polar surface area (TPSA) is 89.6 Å². The Morgan fingerprint density at radius 2 is 1.86 bits per heavy atom. The van der Waals surface area contributed by atoms with E-state index < -0.39 is 12.0 Å². The third-order valence-electron chi connectivity index (χ3n) is 3.23. The molecule has 2 atom stereocenters. The Bertz CT molecular complexity index is 494. The number of ether oxygens (including phenoxy) is 1. The van der Waals surface area contributed by atoms with Gasteiger partial charge in [-0.05, 0) is 24.5 Å². The maximum atomic E-state index is 10.8. The van der Waals surface area contributed by atoms with Crippen LogP contribution in [0.3, 0.4) is 0 Å². The molecule has 0 saturated heterocycles. The van der Waals surface area contributed by atoms with E-state index in [-0.39, 0.29) is 11.9 Å². The van der Waals surface area contributed by atoms with Crippen molar-refractivity contribution in [2.24, 2.45) is 11.7 Å². The van der Waals surface area contributed by atoms with Gasteiger partial charge >= 0.3 is 11.9 Å². The Hall–Kier alpha value is -2.14. The summed E-state index contributed by atoms with van der Waals surface area (Å²) in [4.78, 5) is 20.9. The first-order valence-corrected chi connectivity index (χ1v) is 7.12. The summed E-state index contributed by atoms with van der Waals surface area (Å²) in [5, 5.41) is 8.34. The van der Waals surface area contributed by atoms with Crippen LogP contribution in [0.25, 0.3) is 6.08 Å². The van der Waals surface area contributed by atoms with Gasteiger partial charge in [-0.15, -0.1) is 0 Å². The number of rotatable bonds is 5. The Balaban J connectivity index is 0.000000409. The number of aliphatic carboxylic acids is 1. The van der Waals surface area contributed by atoms with Crippen molar-refractivity contribution in [3.63, 3.8) is 0 Å². The summed E-state index contributed by atoms with van der Waals surface area (Å²) in [6, 6.07) is 7.20. The summed E-state index contributed by atoms with van der Waals surface area (Å²) >= 11 is 0. The molecule has 0 amide bonds. The average Bonchev–Trinajstić information content (AvgIpc) is 2.52. The summed E-state index contributed by atoms with van der Waals surface area (Å²) < 4.78 is 4.47. The zero-order valence-corrected chi connectivity index (χ0v) is 13.6. The van der Waals surface area contributed by atoms with Crippen molar-refractivity contribution in [1.82, 2.24) is 0 Å². The lowest BCUT2D eigenvalue weighted by Crippen LogP contribution is -2.37. The highest BCUT2D eigenvalue weighted by Crippen LogP contribution is 2.06. The van der Waals surface area contributed by atoms with Crippen molar-refractivity contribution in [2.75, 3.05) is 7.11 Å². The minimum atomic E-state index is -0.921. The average molecular weight is 307 g/mol. The fraction of sp³-hybridized carbons (Fsp3) is 0.412. The summed E-state index contributed by atoms with van der Waals surface area (Å²) in [5.41, 5.74) is 7.58. The number of esters is 1. The van der Waals surface area contributed by atoms with Crippen LogP contribution in [-0.4, -0.2) is 30.2 Å². The molecule has 122 valence electrons. The van der Waals surface area contributed by atoms with Crippen molar-refractivity contribution < 1.29 is 19.4 Å². The first-order valence-electron chi connectivity index (χ1n) is 7.12. The van der Waals surface area contributed by atoms with Gasteiger partial charge in [0, 0.05) is 6.08 Å². The van der Waals surface area contributed by atoms with E-state index in [2.05, 4.69) is 4.74 Å². The molecule has 1 aromatic rings. The zero-order valence-electron chi connectivity index (χ0n) is 13.6. The minimum absolute atomic E-state index is 0.201. The molecule has 5 heteroatoms. The van der Waals surface area contributed by atoms with Crippen molar-refractivity contribution in [1.29, 1.82) is 0 Å². The Morgan fingerprint density at radius 1 is 1.32 bits per heavy atom. The molecule has 5 nitrogen and oxygen atoms in total. The van der Waals surface area contributed by atoms with Gasteiger partial charge in [0.05, 0.1) is 7.11 Å². The molecule has 0 radical (unpaired) electrons. The number of hydrogen-bond acceptors (Lipinski definition) is 4. The van der Waals surface area contributed by atoms with Gasteiger partial charge in [-0.1, -0.05) is 50.1 Å². The van der Waals surface area contributed by atoms with Gasteiger partial charge < -0.3 is 15.6 Å². The Kier molecular flexibility index (Phi) is 9.54. The van der Waals surface area contributed by atoms with Crippen LogP contribution in [0, 0.1) is 12.8 Å². The highest BCUT2D eigenvalue weighted by molar-refractivity contribution is 5.85. The Morgan fingerprint density at radius 3 is 2.27 bits per heavy atom. The van der Waals surface area contributed by atoms with Gasteiger partial charge in [-0.3, -0.25) is 4.79 Å². The van der Waals surface area contributed by atoms with Gasteiger partial charge in [0.2, 0.25) is 0 Å². The lowest BCUT2D eigenvalue weighted by molar-refractivity contribution is -0.143. The molecule has 0 aromatic heterocycles. The van der Waals surface area contributed by atoms with Gasteiger partial charge in [-0.25, -0.2) is 4.79 Å². The predicted molar refractivity (Wildman–Crippen MR) is 87.3 cm³/mol. The lowest BCUT2D eigenvalue weighted by Gasteiger charge is -2.14. The third kappa shape index (κ3) is 8.21. The quantitative estimate of drug-likeness (QED) is 0.644. The molecule has 22 heavy (non-hydrogen) atoms.